The van der Waals surface area contributed by atoms with Gasteiger partial charge < -0.3 is 4.74 Å². The quantitative estimate of drug-likeness (QED) is 0.498. The Labute approximate surface area is 179 Å². The summed E-state index contributed by atoms with van der Waals surface area (Å²) in [5, 5.41) is 0. The molecule has 3 aromatic rings. The van der Waals surface area contributed by atoms with Crippen molar-refractivity contribution in [3.63, 3.8) is 0 Å². The van der Waals surface area contributed by atoms with Crippen LogP contribution in [0.4, 0.5) is 13.2 Å². The van der Waals surface area contributed by atoms with E-state index in [1.54, 1.807) is 12.1 Å². The number of ether oxygens (including phenoxy) is 1. The molecule has 0 heterocycles. The van der Waals surface area contributed by atoms with Crippen LogP contribution in [0.15, 0.2) is 78.9 Å². The number of rotatable bonds is 9. The van der Waals surface area contributed by atoms with Crippen molar-refractivity contribution in [3.05, 3.63) is 107 Å². The van der Waals surface area contributed by atoms with Crippen molar-refractivity contribution >= 4 is 10.0 Å². The normalized spacial score (nSPS) is 12.1. The summed E-state index contributed by atoms with van der Waals surface area (Å²) in [6.45, 7) is 0.753. The third-order valence-corrected chi connectivity index (χ3v) is 5.88. The second kappa shape index (κ2) is 10.1. The predicted molar refractivity (Wildman–Crippen MR) is 112 cm³/mol. The lowest BCUT2D eigenvalue weighted by atomic mass is 10.1. The molecule has 0 aliphatic rings. The first kappa shape index (κ1) is 23.0. The zero-order valence-electron chi connectivity index (χ0n) is 16.6. The SMILES string of the molecule is O=S(=O)(Cc1cccc(C(F)(F)F)c1)NCc1ccccc1COCc1ccccc1. The maximum Gasteiger partial charge on any atom is 0.416 e. The van der Waals surface area contributed by atoms with Gasteiger partial charge >= 0.3 is 6.18 Å². The highest BCUT2D eigenvalue weighted by atomic mass is 32.2. The third kappa shape index (κ3) is 7.20. The average molecular weight is 449 g/mol. The minimum Gasteiger partial charge on any atom is -0.372 e. The maximum absolute atomic E-state index is 12.8. The molecular weight excluding hydrogens is 427 g/mol. The molecular formula is C23H22F3NO3S. The second-order valence-electron chi connectivity index (χ2n) is 7.03. The Morgan fingerprint density at radius 2 is 1.42 bits per heavy atom. The van der Waals surface area contributed by atoms with E-state index in [1.165, 1.54) is 12.1 Å². The summed E-state index contributed by atoms with van der Waals surface area (Å²) in [5.41, 5.74) is 1.80. The van der Waals surface area contributed by atoms with E-state index in [4.69, 9.17) is 4.74 Å². The smallest absolute Gasteiger partial charge is 0.372 e. The van der Waals surface area contributed by atoms with Gasteiger partial charge in [0.1, 0.15) is 0 Å². The number of nitrogens with one attached hydrogen (secondary N) is 1. The molecule has 0 radical (unpaired) electrons. The highest BCUT2D eigenvalue weighted by molar-refractivity contribution is 7.88. The second-order valence-corrected chi connectivity index (χ2v) is 8.83. The van der Waals surface area contributed by atoms with Crippen LogP contribution in [0.5, 0.6) is 0 Å². The molecule has 31 heavy (non-hydrogen) atoms. The summed E-state index contributed by atoms with van der Waals surface area (Å²) in [6.07, 6.45) is -4.52. The minimum absolute atomic E-state index is 0.0200. The Morgan fingerprint density at radius 1 is 0.774 bits per heavy atom. The van der Waals surface area contributed by atoms with Crippen LogP contribution in [-0.2, 0) is 46.4 Å². The minimum atomic E-state index is -4.52. The lowest BCUT2D eigenvalue weighted by molar-refractivity contribution is -0.137. The van der Waals surface area contributed by atoms with Gasteiger partial charge in [0.15, 0.2) is 0 Å². The van der Waals surface area contributed by atoms with Crippen molar-refractivity contribution < 1.29 is 26.3 Å². The van der Waals surface area contributed by atoms with Crippen LogP contribution in [0.3, 0.4) is 0 Å². The molecule has 0 amide bonds. The van der Waals surface area contributed by atoms with E-state index in [2.05, 4.69) is 4.72 Å². The van der Waals surface area contributed by atoms with E-state index in [0.29, 0.717) is 13.2 Å². The number of alkyl halides is 3. The molecule has 164 valence electrons. The third-order valence-electron chi connectivity index (χ3n) is 4.58. The van der Waals surface area contributed by atoms with Crippen LogP contribution >= 0.6 is 0 Å². The van der Waals surface area contributed by atoms with Gasteiger partial charge in [0.25, 0.3) is 0 Å². The van der Waals surface area contributed by atoms with Crippen molar-refractivity contribution in [1.82, 2.24) is 4.72 Å². The number of hydrogen-bond acceptors (Lipinski definition) is 3. The molecule has 3 aromatic carbocycles. The van der Waals surface area contributed by atoms with E-state index in [-0.39, 0.29) is 12.1 Å². The van der Waals surface area contributed by atoms with Gasteiger partial charge in [0.05, 0.1) is 24.5 Å². The molecule has 3 rings (SSSR count). The fourth-order valence-electron chi connectivity index (χ4n) is 3.02. The monoisotopic (exact) mass is 449 g/mol. The molecule has 0 spiro atoms. The molecule has 4 nitrogen and oxygen atoms in total. The average Bonchev–Trinajstić information content (AvgIpc) is 2.73. The Morgan fingerprint density at radius 3 is 2.13 bits per heavy atom. The van der Waals surface area contributed by atoms with Gasteiger partial charge in [-0.25, -0.2) is 13.1 Å². The Bertz CT molecular complexity index is 1100. The molecule has 0 aliphatic carbocycles. The van der Waals surface area contributed by atoms with Gasteiger partial charge in [0, 0.05) is 6.54 Å². The fourth-order valence-corrected chi connectivity index (χ4v) is 4.12. The van der Waals surface area contributed by atoms with Gasteiger partial charge in [-0.1, -0.05) is 72.8 Å². The van der Waals surface area contributed by atoms with Gasteiger partial charge in [-0.2, -0.15) is 13.2 Å². The van der Waals surface area contributed by atoms with Crippen molar-refractivity contribution in [3.8, 4) is 0 Å². The highest BCUT2D eigenvalue weighted by Crippen LogP contribution is 2.29. The topological polar surface area (TPSA) is 55.4 Å². The number of halogens is 3. The molecule has 0 atom stereocenters. The zero-order valence-corrected chi connectivity index (χ0v) is 17.4. The summed E-state index contributed by atoms with van der Waals surface area (Å²) in [7, 11) is -3.83. The first-order valence-electron chi connectivity index (χ1n) is 9.55. The standard InChI is InChI=1S/C23H22F3NO3S/c24-23(25,26)22-12-6-9-19(13-22)17-31(28,29)27-14-20-10-4-5-11-21(20)16-30-15-18-7-2-1-3-8-18/h1-13,27H,14-17H2. The van der Waals surface area contributed by atoms with Gasteiger partial charge in [0.2, 0.25) is 10.0 Å². The molecule has 8 heteroatoms. The zero-order chi connectivity index (χ0) is 22.3. The Balaban J connectivity index is 1.60. The summed E-state index contributed by atoms with van der Waals surface area (Å²) < 4.78 is 71.6. The number of benzene rings is 3. The van der Waals surface area contributed by atoms with E-state index < -0.39 is 27.5 Å². The molecule has 1 N–H and O–H groups in total. The lowest BCUT2D eigenvalue weighted by Gasteiger charge is -2.13. The van der Waals surface area contributed by atoms with Crippen LogP contribution in [0.2, 0.25) is 0 Å². The molecule has 0 aromatic heterocycles. The van der Waals surface area contributed by atoms with E-state index in [0.717, 1.165) is 28.8 Å². The first-order valence-corrected chi connectivity index (χ1v) is 11.2. The summed E-state index contributed by atoms with van der Waals surface area (Å²) >= 11 is 0. The Hall–Kier alpha value is -2.68. The molecule has 0 unspecified atom stereocenters. The molecule has 0 bridgehead atoms. The molecule has 0 saturated carbocycles. The molecule has 0 saturated heterocycles. The number of hydrogen-bond donors (Lipinski definition) is 1. The van der Waals surface area contributed by atoms with Crippen molar-refractivity contribution in [2.75, 3.05) is 0 Å². The van der Waals surface area contributed by atoms with Crippen LogP contribution in [0.1, 0.15) is 27.8 Å². The van der Waals surface area contributed by atoms with Gasteiger partial charge in [-0.05, 0) is 28.3 Å². The molecule has 0 aliphatic heterocycles. The molecule has 0 fully saturated rings. The highest BCUT2D eigenvalue weighted by Gasteiger charge is 2.30. The predicted octanol–water partition coefficient (Wildman–Crippen LogP) is 5.04. The van der Waals surface area contributed by atoms with Crippen molar-refractivity contribution in [2.45, 2.75) is 31.7 Å². The van der Waals surface area contributed by atoms with E-state index in [1.807, 2.05) is 42.5 Å². The fraction of sp³-hybridized carbons (Fsp3) is 0.217. The Kier molecular flexibility index (Phi) is 7.48. The van der Waals surface area contributed by atoms with E-state index in [9.17, 15) is 21.6 Å². The van der Waals surface area contributed by atoms with Crippen LogP contribution in [0.25, 0.3) is 0 Å². The summed E-state index contributed by atoms with van der Waals surface area (Å²) in [5.74, 6) is -0.538. The first-order chi connectivity index (χ1) is 14.7. The summed E-state index contributed by atoms with van der Waals surface area (Å²) in [6, 6.07) is 21.3. The van der Waals surface area contributed by atoms with Crippen molar-refractivity contribution in [1.29, 1.82) is 0 Å². The van der Waals surface area contributed by atoms with Gasteiger partial charge in [-0.15, -0.1) is 0 Å². The summed E-state index contributed by atoms with van der Waals surface area (Å²) in [4.78, 5) is 0. The van der Waals surface area contributed by atoms with Gasteiger partial charge in [-0.3, -0.25) is 0 Å². The van der Waals surface area contributed by atoms with Crippen LogP contribution in [0, 0.1) is 0 Å². The van der Waals surface area contributed by atoms with Crippen LogP contribution < -0.4 is 4.72 Å². The number of sulfonamides is 1. The largest absolute Gasteiger partial charge is 0.416 e. The maximum atomic E-state index is 12.8. The van der Waals surface area contributed by atoms with Crippen LogP contribution in [-0.4, -0.2) is 8.42 Å². The van der Waals surface area contributed by atoms with Crippen molar-refractivity contribution in [2.24, 2.45) is 0 Å². The van der Waals surface area contributed by atoms with E-state index >= 15 is 0 Å². The lowest BCUT2D eigenvalue weighted by Crippen LogP contribution is -2.25.